The zero-order valence-electron chi connectivity index (χ0n) is 20.3. The molecule has 1 saturated heterocycles. The number of carbonyl (C=O) groups is 4. The van der Waals surface area contributed by atoms with Crippen molar-refractivity contribution < 1.29 is 28.8 Å². The number of rotatable bonds is 19. The predicted molar refractivity (Wildman–Crippen MR) is 126 cm³/mol. The second-order valence-corrected chi connectivity index (χ2v) is 8.46. The first kappa shape index (κ1) is 28.7. The first-order valence-electron chi connectivity index (χ1n) is 12.7. The number of carbonyl (C=O) groups excluding carboxylic acids is 4. The van der Waals surface area contributed by atoms with Crippen molar-refractivity contribution in [2.45, 2.75) is 110 Å². The zero-order chi connectivity index (χ0) is 24.2. The van der Waals surface area contributed by atoms with Gasteiger partial charge in [0.25, 0.3) is 11.8 Å². The van der Waals surface area contributed by atoms with Gasteiger partial charge in [-0.15, -0.1) is 0 Å². The summed E-state index contributed by atoms with van der Waals surface area (Å²) in [6.45, 7) is 2.31. The van der Waals surface area contributed by atoms with E-state index in [4.69, 9.17) is 4.74 Å². The van der Waals surface area contributed by atoms with Crippen LogP contribution in [0.25, 0.3) is 0 Å². The Labute approximate surface area is 198 Å². The van der Waals surface area contributed by atoms with Crippen molar-refractivity contribution in [3.8, 4) is 0 Å². The van der Waals surface area contributed by atoms with E-state index < -0.39 is 18.0 Å². The second-order valence-electron chi connectivity index (χ2n) is 8.46. The lowest BCUT2D eigenvalue weighted by atomic mass is 10.1. The van der Waals surface area contributed by atoms with Crippen LogP contribution in [0.2, 0.25) is 0 Å². The molecule has 0 atom stereocenters. The first-order chi connectivity index (χ1) is 16.0. The van der Waals surface area contributed by atoms with Gasteiger partial charge in [0.2, 0.25) is 5.91 Å². The Bertz CT molecular complexity index is 604. The van der Waals surface area contributed by atoms with Crippen LogP contribution in [0.15, 0.2) is 12.2 Å². The molecule has 0 radical (unpaired) electrons. The third kappa shape index (κ3) is 15.1. The summed E-state index contributed by atoms with van der Waals surface area (Å²) < 4.78 is 4.75. The average molecular weight is 467 g/mol. The number of hydrogen-bond donors (Lipinski definition) is 1. The van der Waals surface area contributed by atoms with Gasteiger partial charge in [0, 0.05) is 19.3 Å². The van der Waals surface area contributed by atoms with E-state index in [-0.39, 0.29) is 31.9 Å². The summed E-state index contributed by atoms with van der Waals surface area (Å²) in [6, 6.07) is 0. The first-order valence-corrected chi connectivity index (χ1v) is 12.7. The van der Waals surface area contributed by atoms with Gasteiger partial charge in [-0.05, 0) is 32.1 Å². The average Bonchev–Trinajstić information content (AvgIpc) is 3.11. The topological polar surface area (TPSA) is 102 Å². The van der Waals surface area contributed by atoms with Crippen LogP contribution in [0, 0.1) is 0 Å². The van der Waals surface area contributed by atoms with Gasteiger partial charge in [-0.3, -0.25) is 19.2 Å². The minimum absolute atomic E-state index is 0.0263. The standard InChI is InChI=1S/C25H42N2O6/c1-2-3-4-5-6-7-8-9-10-11-12-13-14-15-16-17-22(28)26-20-21-32-25(31)33-27-23(29)18-19-24(27)30/h9-10H,2-8,11-21H2,1H3,(H,26,28)/b10-9+. The maximum absolute atomic E-state index is 11.8. The molecule has 0 aromatic carbocycles. The Morgan fingerprint density at radius 1 is 0.848 bits per heavy atom. The van der Waals surface area contributed by atoms with Crippen molar-refractivity contribution >= 4 is 23.9 Å². The summed E-state index contributed by atoms with van der Waals surface area (Å²) in [6.07, 6.45) is 19.7. The lowest BCUT2D eigenvalue weighted by molar-refractivity contribution is -0.177. The second kappa shape index (κ2) is 19.1. The molecule has 0 saturated carbocycles. The monoisotopic (exact) mass is 466 g/mol. The van der Waals surface area contributed by atoms with Crippen LogP contribution in [0.5, 0.6) is 0 Å². The number of allylic oxidation sites excluding steroid dienone is 2. The Balaban J connectivity index is 1.85. The summed E-state index contributed by atoms with van der Waals surface area (Å²) in [7, 11) is 0. The predicted octanol–water partition coefficient (Wildman–Crippen LogP) is 5.36. The molecule has 188 valence electrons. The molecule has 8 nitrogen and oxygen atoms in total. The molecule has 0 aromatic heterocycles. The molecule has 1 fully saturated rings. The highest BCUT2D eigenvalue weighted by Crippen LogP contribution is 2.12. The molecule has 0 aliphatic carbocycles. The Hall–Kier alpha value is -2.38. The molecule has 0 spiro atoms. The number of ether oxygens (including phenoxy) is 1. The van der Waals surface area contributed by atoms with Crippen LogP contribution in [0.3, 0.4) is 0 Å². The number of nitrogens with zero attached hydrogens (tertiary/aromatic N) is 1. The van der Waals surface area contributed by atoms with E-state index >= 15 is 0 Å². The highest BCUT2D eigenvalue weighted by atomic mass is 16.8. The zero-order valence-corrected chi connectivity index (χ0v) is 20.3. The molecule has 3 amide bonds. The summed E-state index contributed by atoms with van der Waals surface area (Å²) in [5, 5.41) is 3.09. The number of nitrogens with one attached hydrogen (secondary N) is 1. The number of amides is 3. The summed E-state index contributed by atoms with van der Waals surface area (Å²) in [5.41, 5.74) is 0. The fraction of sp³-hybridized carbons (Fsp3) is 0.760. The van der Waals surface area contributed by atoms with E-state index in [1.165, 1.54) is 57.8 Å². The molecule has 0 unspecified atom stereocenters. The van der Waals surface area contributed by atoms with Crippen LogP contribution in [0.1, 0.15) is 110 Å². The molecule has 0 bridgehead atoms. The van der Waals surface area contributed by atoms with Gasteiger partial charge in [0.05, 0.1) is 6.54 Å². The lowest BCUT2D eigenvalue weighted by Crippen LogP contribution is -2.33. The molecule has 1 N–H and O–H groups in total. The van der Waals surface area contributed by atoms with Crippen LogP contribution in [-0.4, -0.2) is 42.1 Å². The third-order valence-electron chi connectivity index (χ3n) is 5.48. The SMILES string of the molecule is CCCCCCCC/C=C/CCCCCCCC(=O)NCCOC(=O)ON1C(=O)CCC1=O. The van der Waals surface area contributed by atoms with Crippen molar-refractivity contribution in [3.63, 3.8) is 0 Å². The maximum Gasteiger partial charge on any atom is 0.534 e. The molecule has 8 heteroatoms. The van der Waals surface area contributed by atoms with E-state index in [1.54, 1.807) is 0 Å². The molecule has 1 rings (SSSR count). The minimum Gasteiger partial charge on any atom is -0.431 e. The summed E-state index contributed by atoms with van der Waals surface area (Å²) in [4.78, 5) is 50.5. The highest BCUT2D eigenvalue weighted by Gasteiger charge is 2.33. The van der Waals surface area contributed by atoms with Gasteiger partial charge < -0.3 is 10.1 Å². The van der Waals surface area contributed by atoms with Gasteiger partial charge in [0.15, 0.2) is 0 Å². The van der Waals surface area contributed by atoms with E-state index in [0.717, 1.165) is 25.7 Å². The van der Waals surface area contributed by atoms with Crippen LogP contribution >= 0.6 is 0 Å². The molecule has 1 aliphatic heterocycles. The molecule has 0 aromatic rings. The van der Waals surface area contributed by atoms with Crippen molar-refractivity contribution in [2.24, 2.45) is 0 Å². The Morgan fingerprint density at radius 2 is 1.39 bits per heavy atom. The van der Waals surface area contributed by atoms with Gasteiger partial charge in [-0.25, -0.2) is 4.79 Å². The van der Waals surface area contributed by atoms with E-state index in [2.05, 4.69) is 29.2 Å². The highest BCUT2D eigenvalue weighted by molar-refractivity contribution is 6.01. The normalized spacial score (nSPS) is 13.7. The van der Waals surface area contributed by atoms with Gasteiger partial charge >= 0.3 is 6.16 Å². The van der Waals surface area contributed by atoms with Gasteiger partial charge in [0.1, 0.15) is 6.61 Å². The van der Waals surface area contributed by atoms with Crippen molar-refractivity contribution in [1.29, 1.82) is 0 Å². The van der Waals surface area contributed by atoms with E-state index in [9.17, 15) is 19.2 Å². The quantitative estimate of drug-likeness (QED) is 0.119. The molecular formula is C25H42N2O6. The van der Waals surface area contributed by atoms with E-state index in [0.29, 0.717) is 11.5 Å². The van der Waals surface area contributed by atoms with Crippen LogP contribution < -0.4 is 5.32 Å². The largest absolute Gasteiger partial charge is 0.534 e. The number of hydrogen-bond acceptors (Lipinski definition) is 6. The number of hydroxylamine groups is 2. The Morgan fingerprint density at radius 3 is 2.00 bits per heavy atom. The maximum atomic E-state index is 11.8. The number of imide groups is 1. The molecule has 1 aliphatic rings. The Kier molecular flexibility index (Phi) is 16.6. The fourth-order valence-corrected chi connectivity index (χ4v) is 3.53. The fourth-order valence-electron chi connectivity index (χ4n) is 3.53. The van der Waals surface area contributed by atoms with E-state index in [1.807, 2.05) is 0 Å². The molecular weight excluding hydrogens is 424 g/mol. The van der Waals surface area contributed by atoms with Gasteiger partial charge in [-0.2, -0.15) is 0 Å². The van der Waals surface area contributed by atoms with Crippen molar-refractivity contribution in [1.82, 2.24) is 10.4 Å². The minimum atomic E-state index is -1.13. The summed E-state index contributed by atoms with van der Waals surface area (Å²) in [5.74, 6) is -1.22. The summed E-state index contributed by atoms with van der Waals surface area (Å²) >= 11 is 0. The smallest absolute Gasteiger partial charge is 0.431 e. The van der Waals surface area contributed by atoms with Crippen molar-refractivity contribution in [2.75, 3.05) is 13.2 Å². The van der Waals surface area contributed by atoms with Gasteiger partial charge in [-0.1, -0.05) is 75.5 Å². The van der Waals surface area contributed by atoms with Crippen LogP contribution in [-0.2, 0) is 24.0 Å². The lowest BCUT2D eigenvalue weighted by Gasteiger charge is -2.12. The molecule has 1 heterocycles. The molecule has 33 heavy (non-hydrogen) atoms. The van der Waals surface area contributed by atoms with Crippen LogP contribution in [0.4, 0.5) is 4.79 Å². The van der Waals surface area contributed by atoms with Crippen molar-refractivity contribution in [3.05, 3.63) is 12.2 Å². The third-order valence-corrected chi connectivity index (χ3v) is 5.48. The number of unbranched alkanes of at least 4 members (excludes halogenated alkanes) is 11.